The lowest BCUT2D eigenvalue weighted by molar-refractivity contribution is -0.148. The largest absolute Gasteiger partial charge is 0.401 e. The molecule has 0 spiro atoms. The first-order valence-corrected chi connectivity index (χ1v) is 8.05. The number of benzene rings is 1. The van der Waals surface area contributed by atoms with Gasteiger partial charge in [0.1, 0.15) is 0 Å². The third kappa shape index (κ3) is 4.32. The molecule has 21 heavy (non-hydrogen) atoms. The summed E-state index contributed by atoms with van der Waals surface area (Å²) in [6.45, 7) is -0.841. The van der Waals surface area contributed by atoms with Gasteiger partial charge in [0, 0.05) is 31.2 Å². The Labute approximate surface area is 126 Å². The molecule has 0 radical (unpaired) electrons. The molecular weight excluding hydrogens is 329 g/mol. The Balaban J connectivity index is 2.05. The van der Waals surface area contributed by atoms with Crippen molar-refractivity contribution in [3.63, 3.8) is 0 Å². The maximum absolute atomic E-state index is 12.4. The summed E-state index contributed by atoms with van der Waals surface area (Å²) in [7, 11) is -3.71. The highest BCUT2D eigenvalue weighted by atomic mass is 35.5. The molecule has 0 bridgehead atoms. The summed E-state index contributed by atoms with van der Waals surface area (Å²) in [5.74, 6) is 0. The van der Waals surface area contributed by atoms with Crippen LogP contribution in [0.25, 0.3) is 0 Å². The number of sulfonamides is 1. The Morgan fingerprint density at radius 3 is 2.29 bits per heavy atom. The molecule has 0 amide bonds. The summed E-state index contributed by atoms with van der Waals surface area (Å²) in [6, 6.07) is 5.83. The van der Waals surface area contributed by atoms with Crippen molar-refractivity contribution in [2.24, 2.45) is 0 Å². The van der Waals surface area contributed by atoms with Crippen LogP contribution >= 0.6 is 11.6 Å². The van der Waals surface area contributed by atoms with E-state index in [2.05, 4.69) is 0 Å². The van der Waals surface area contributed by atoms with Gasteiger partial charge in [-0.2, -0.15) is 17.5 Å². The summed E-state index contributed by atoms with van der Waals surface area (Å²) in [6.07, 6.45) is -4.27. The van der Waals surface area contributed by atoms with E-state index in [0.29, 0.717) is 5.02 Å². The average molecular weight is 343 g/mol. The Hall–Kier alpha value is -0.830. The fourth-order valence-corrected chi connectivity index (χ4v) is 3.88. The van der Waals surface area contributed by atoms with Crippen molar-refractivity contribution in [1.29, 1.82) is 0 Å². The highest BCUT2D eigenvalue weighted by Crippen LogP contribution is 2.22. The van der Waals surface area contributed by atoms with Crippen LogP contribution < -0.4 is 0 Å². The predicted molar refractivity (Wildman–Crippen MR) is 72.7 cm³/mol. The van der Waals surface area contributed by atoms with Gasteiger partial charge in [-0.05, 0) is 18.2 Å². The first kappa shape index (κ1) is 16.5. The van der Waals surface area contributed by atoms with Gasteiger partial charge in [0.25, 0.3) is 0 Å². The second-order valence-corrected chi connectivity index (χ2v) is 7.13. The van der Waals surface area contributed by atoms with Gasteiger partial charge >= 0.3 is 6.18 Å². The minimum atomic E-state index is -4.27. The first-order chi connectivity index (χ1) is 9.68. The first-order valence-electron chi connectivity index (χ1n) is 6.23. The van der Waals surface area contributed by atoms with Crippen molar-refractivity contribution in [1.82, 2.24) is 9.21 Å². The van der Waals surface area contributed by atoms with Crippen LogP contribution in [0.2, 0.25) is 5.02 Å². The van der Waals surface area contributed by atoms with Crippen molar-refractivity contribution in [3.8, 4) is 0 Å². The molecule has 1 fully saturated rings. The zero-order chi connectivity index (χ0) is 15.7. The van der Waals surface area contributed by atoms with Crippen LogP contribution in [-0.4, -0.2) is 56.5 Å². The SMILES string of the molecule is O=S(=O)(c1cccc(Cl)c1)N1CCN(CC(F)(F)F)CC1. The maximum Gasteiger partial charge on any atom is 0.401 e. The summed E-state index contributed by atoms with van der Waals surface area (Å²) < 4.78 is 62.8. The topological polar surface area (TPSA) is 40.6 Å². The van der Waals surface area contributed by atoms with Gasteiger partial charge < -0.3 is 0 Å². The smallest absolute Gasteiger partial charge is 0.292 e. The molecule has 1 aliphatic heterocycles. The normalized spacial score (nSPS) is 18.9. The van der Waals surface area contributed by atoms with E-state index in [-0.39, 0.29) is 31.1 Å². The summed E-state index contributed by atoms with van der Waals surface area (Å²) in [5, 5.41) is 0.298. The second kappa shape index (κ2) is 6.12. The quantitative estimate of drug-likeness (QED) is 0.845. The van der Waals surface area contributed by atoms with Crippen molar-refractivity contribution in [2.45, 2.75) is 11.1 Å². The lowest BCUT2D eigenvalue weighted by Gasteiger charge is -2.34. The number of piperazine rings is 1. The third-order valence-electron chi connectivity index (χ3n) is 3.17. The monoisotopic (exact) mass is 342 g/mol. The summed E-state index contributed by atoms with van der Waals surface area (Å²) in [5.41, 5.74) is 0. The zero-order valence-electron chi connectivity index (χ0n) is 11.0. The fourth-order valence-electron chi connectivity index (χ4n) is 2.16. The van der Waals surface area contributed by atoms with Crippen LogP contribution in [0, 0.1) is 0 Å². The van der Waals surface area contributed by atoms with Gasteiger partial charge in [-0.15, -0.1) is 0 Å². The molecule has 1 saturated heterocycles. The summed E-state index contributed by atoms with van der Waals surface area (Å²) >= 11 is 5.77. The lowest BCUT2D eigenvalue weighted by Crippen LogP contribution is -2.50. The molecule has 1 aliphatic rings. The Bertz CT molecular complexity index is 599. The molecule has 118 valence electrons. The van der Waals surface area contributed by atoms with Gasteiger partial charge in [-0.1, -0.05) is 17.7 Å². The molecule has 0 unspecified atom stereocenters. The molecule has 1 aromatic rings. The third-order valence-corrected chi connectivity index (χ3v) is 5.30. The molecule has 0 N–H and O–H groups in total. The number of hydrogen-bond donors (Lipinski definition) is 0. The number of hydrogen-bond acceptors (Lipinski definition) is 3. The van der Waals surface area contributed by atoms with E-state index < -0.39 is 22.7 Å². The molecule has 9 heteroatoms. The van der Waals surface area contributed by atoms with E-state index in [0.717, 1.165) is 0 Å². The van der Waals surface area contributed by atoms with Crippen LogP contribution in [0.3, 0.4) is 0 Å². The standard InChI is InChI=1S/C12H14ClF3N2O2S/c13-10-2-1-3-11(8-10)21(19,20)18-6-4-17(5-7-18)9-12(14,15)16/h1-3,8H,4-7,9H2. The van der Waals surface area contributed by atoms with E-state index in [9.17, 15) is 21.6 Å². The number of halogens is 4. The molecule has 1 aromatic carbocycles. The van der Waals surface area contributed by atoms with E-state index in [1.807, 2.05) is 0 Å². The Kier molecular flexibility index (Phi) is 4.82. The number of alkyl halides is 3. The molecular formula is C12H14ClF3N2O2S. The molecule has 0 aromatic heterocycles. The second-order valence-electron chi connectivity index (χ2n) is 4.75. The van der Waals surface area contributed by atoms with Crippen molar-refractivity contribution < 1.29 is 21.6 Å². The van der Waals surface area contributed by atoms with Crippen LogP contribution in [0.4, 0.5) is 13.2 Å². The lowest BCUT2D eigenvalue weighted by atomic mass is 10.3. The van der Waals surface area contributed by atoms with Crippen molar-refractivity contribution in [2.75, 3.05) is 32.7 Å². The molecule has 0 aliphatic carbocycles. The Morgan fingerprint density at radius 2 is 1.76 bits per heavy atom. The minimum Gasteiger partial charge on any atom is -0.292 e. The predicted octanol–water partition coefficient (Wildman–Crippen LogP) is 2.21. The minimum absolute atomic E-state index is 0.0327. The van der Waals surface area contributed by atoms with E-state index >= 15 is 0 Å². The molecule has 0 atom stereocenters. The van der Waals surface area contributed by atoms with Crippen molar-refractivity contribution >= 4 is 21.6 Å². The van der Waals surface area contributed by atoms with E-state index in [1.54, 1.807) is 6.07 Å². The zero-order valence-corrected chi connectivity index (χ0v) is 12.5. The molecule has 1 heterocycles. The van der Waals surface area contributed by atoms with Gasteiger partial charge in [0.2, 0.25) is 10.0 Å². The molecule has 2 rings (SSSR count). The van der Waals surface area contributed by atoms with Crippen molar-refractivity contribution in [3.05, 3.63) is 29.3 Å². The Morgan fingerprint density at radius 1 is 1.14 bits per heavy atom. The van der Waals surface area contributed by atoms with Gasteiger partial charge in [-0.3, -0.25) is 4.90 Å². The molecule has 4 nitrogen and oxygen atoms in total. The number of nitrogens with zero attached hydrogens (tertiary/aromatic N) is 2. The van der Waals surface area contributed by atoms with Crippen LogP contribution in [0.5, 0.6) is 0 Å². The fraction of sp³-hybridized carbons (Fsp3) is 0.500. The highest BCUT2D eigenvalue weighted by Gasteiger charge is 2.34. The van der Waals surface area contributed by atoms with Gasteiger partial charge in [0.05, 0.1) is 11.4 Å². The molecule has 0 saturated carbocycles. The van der Waals surface area contributed by atoms with Crippen LogP contribution in [-0.2, 0) is 10.0 Å². The van der Waals surface area contributed by atoms with Crippen LogP contribution in [0.1, 0.15) is 0 Å². The van der Waals surface area contributed by atoms with Crippen LogP contribution in [0.15, 0.2) is 29.2 Å². The van der Waals surface area contributed by atoms with Gasteiger partial charge in [0.15, 0.2) is 0 Å². The van der Waals surface area contributed by atoms with E-state index in [1.165, 1.54) is 27.4 Å². The highest BCUT2D eigenvalue weighted by molar-refractivity contribution is 7.89. The van der Waals surface area contributed by atoms with Gasteiger partial charge in [-0.25, -0.2) is 8.42 Å². The summed E-state index contributed by atoms with van der Waals surface area (Å²) in [4.78, 5) is 1.25. The maximum atomic E-state index is 12.4. The number of rotatable bonds is 3. The van der Waals surface area contributed by atoms with E-state index in [4.69, 9.17) is 11.6 Å². The average Bonchev–Trinajstić information content (AvgIpc) is 2.37.